The van der Waals surface area contributed by atoms with Crippen molar-refractivity contribution in [3.05, 3.63) is 35.9 Å². The normalized spacial score (nSPS) is 16.6. The predicted octanol–water partition coefficient (Wildman–Crippen LogP) is 3.17. The van der Waals surface area contributed by atoms with Crippen LogP contribution in [0.5, 0.6) is 0 Å². The first-order valence-corrected chi connectivity index (χ1v) is 6.59. The lowest BCUT2D eigenvalue weighted by Gasteiger charge is -2.29. The number of ether oxygens (including phenoxy) is 1. The van der Waals surface area contributed by atoms with Gasteiger partial charge in [-0.15, -0.1) is 11.6 Å². The van der Waals surface area contributed by atoms with E-state index < -0.39 is 0 Å². The van der Waals surface area contributed by atoms with Crippen molar-refractivity contribution in [2.45, 2.75) is 6.42 Å². The number of halogens is 1. The van der Waals surface area contributed by atoms with Crippen LogP contribution in [0, 0.1) is 0 Å². The van der Waals surface area contributed by atoms with Crippen LogP contribution in [-0.4, -0.2) is 32.2 Å². The van der Waals surface area contributed by atoms with E-state index in [9.17, 15) is 0 Å². The van der Waals surface area contributed by atoms with Crippen LogP contribution >= 0.6 is 11.6 Å². The van der Waals surface area contributed by atoms with Gasteiger partial charge in [0.2, 0.25) is 0 Å². The summed E-state index contributed by atoms with van der Waals surface area (Å²) in [6, 6.07) is 8.60. The minimum absolute atomic E-state index is 0.680. The molecule has 0 spiro atoms. The van der Waals surface area contributed by atoms with Crippen LogP contribution in [0.1, 0.15) is 12.0 Å². The highest BCUT2D eigenvalue weighted by molar-refractivity contribution is 6.17. The molecule has 2 rings (SSSR count). The number of alkyl halides is 1. The zero-order valence-corrected chi connectivity index (χ0v) is 10.7. The average Bonchev–Trinajstić information content (AvgIpc) is 2.41. The van der Waals surface area contributed by atoms with Crippen LogP contribution in [0.2, 0.25) is 0 Å². The average molecular weight is 252 g/mol. The summed E-state index contributed by atoms with van der Waals surface area (Å²) in [5.74, 6) is 0.680. The van der Waals surface area contributed by atoms with E-state index in [0.717, 1.165) is 32.7 Å². The summed E-state index contributed by atoms with van der Waals surface area (Å²) in [5, 5.41) is 0. The molecule has 0 aromatic heterocycles. The van der Waals surface area contributed by atoms with Crippen LogP contribution in [0.25, 0.3) is 6.08 Å². The molecule has 1 aliphatic heterocycles. The molecular weight excluding hydrogens is 234 g/mol. The van der Waals surface area contributed by atoms with Crippen molar-refractivity contribution in [2.75, 3.05) is 37.1 Å². The van der Waals surface area contributed by atoms with Crippen molar-refractivity contribution in [1.29, 1.82) is 0 Å². The highest BCUT2D eigenvalue weighted by Crippen LogP contribution is 2.18. The Morgan fingerprint density at radius 2 is 2.12 bits per heavy atom. The maximum Gasteiger partial charge on any atom is 0.0642 e. The predicted molar refractivity (Wildman–Crippen MR) is 73.8 cm³/mol. The molecule has 0 atom stereocenters. The third-order valence-electron chi connectivity index (χ3n) is 2.83. The third-order valence-corrected chi connectivity index (χ3v) is 3.05. The fourth-order valence-electron chi connectivity index (χ4n) is 1.93. The molecule has 2 nitrogen and oxygen atoms in total. The summed E-state index contributed by atoms with van der Waals surface area (Å²) in [6.07, 6.45) is 5.17. The number of hydrogen-bond acceptors (Lipinski definition) is 2. The van der Waals surface area contributed by atoms with Gasteiger partial charge in [-0.25, -0.2) is 0 Å². The molecule has 3 heteroatoms. The number of allylic oxidation sites excluding steroid dienone is 1. The van der Waals surface area contributed by atoms with Crippen molar-refractivity contribution in [2.24, 2.45) is 0 Å². The molecule has 0 aliphatic carbocycles. The first kappa shape index (κ1) is 12.5. The fourth-order valence-corrected chi connectivity index (χ4v) is 2.06. The number of morpholine rings is 1. The van der Waals surface area contributed by atoms with Gasteiger partial charge in [0.15, 0.2) is 0 Å². The minimum atomic E-state index is 0.680. The second kappa shape index (κ2) is 6.67. The highest BCUT2D eigenvalue weighted by Gasteiger charge is 2.10. The van der Waals surface area contributed by atoms with Gasteiger partial charge in [0.25, 0.3) is 0 Å². The van der Waals surface area contributed by atoms with Gasteiger partial charge in [0.1, 0.15) is 0 Å². The molecule has 0 unspecified atom stereocenters. The Balaban J connectivity index is 2.05. The van der Waals surface area contributed by atoms with Gasteiger partial charge in [-0.1, -0.05) is 24.3 Å². The van der Waals surface area contributed by atoms with Crippen molar-refractivity contribution >= 4 is 23.4 Å². The second-order valence-corrected chi connectivity index (χ2v) is 4.45. The zero-order valence-electron chi connectivity index (χ0n) is 9.94. The quantitative estimate of drug-likeness (QED) is 0.763. The van der Waals surface area contributed by atoms with Gasteiger partial charge >= 0.3 is 0 Å². The van der Waals surface area contributed by atoms with E-state index in [2.05, 4.69) is 41.3 Å². The Hall–Kier alpha value is -0.990. The molecule has 0 radical (unpaired) electrons. The van der Waals surface area contributed by atoms with Crippen molar-refractivity contribution < 1.29 is 4.74 Å². The molecule has 0 N–H and O–H groups in total. The molecule has 1 aliphatic rings. The maximum atomic E-state index is 5.65. The summed E-state index contributed by atoms with van der Waals surface area (Å²) in [5.41, 5.74) is 2.51. The lowest BCUT2D eigenvalue weighted by Crippen LogP contribution is -2.36. The Morgan fingerprint density at radius 1 is 1.29 bits per heavy atom. The lowest BCUT2D eigenvalue weighted by molar-refractivity contribution is 0.122. The van der Waals surface area contributed by atoms with E-state index in [1.54, 1.807) is 0 Å². The lowest BCUT2D eigenvalue weighted by atomic mass is 10.1. The molecule has 92 valence electrons. The number of nitrogens with zero attached hydrogens (tertiary/aromatic N) is 1. The maximum absolute atomic E-state index is 5.65. The molecule has 17 heavy (non-hydrogen) atoms. The molecule has 1 aromatic rings. The topological polar surface area (TPSA) is 12.5 Å². The van der Waals surface area contributed by atoms with Crippen LogP contribution in [-0.2, 0) is 4.74 Å². The largest absolute Gasteiger partial charge is 0.378 e. The molecule has 1 heterocycles. The highest BCUT2D eigenvalue weighted by atomic mass is 35.5. The number of anilines is 1. The monoisotopic (exact) mass is 251 g/mol. The van der Waals surface area contributed by atoms with Gasteiger partial charge in [0, 0.05) is 24.7 Å². The van der Waals surface area contributed by atoms with Crippen LogP contribution in [0.4, 0.5) is 5.69 Å². The Morgan fingerprint density at radius 3 is 2.88 bits per heavy atom. The molecule has 1 saturated heterocycles. The van der Waals surface area contributed by atoms with Crippen molar-refractivity contribution in [3.63, 3.8) is 0 Å². The molecule has 0 amide bonds. The summed E-state index contributed by atoms with van der Waals surface area (Å²) < 4.78 is 5.36. The SMILES string of the molecule is ClCCC=Cc1cccc(N2CCOCC2)c1. The molecule has 0 bridgehead atoms. The van der Waals surface area contributed by atoms with Crippen molar-refractivity contribution in [3.8, 4) is 0 Å². The number of benzene rings is 1. The first-order valence-electron chi connectivity index (χ1n) is 6.05. The minimum Gasteiger partial charge on any atom is -0.378 e. The van der Waals surface area contributed by atoms with E-state index in [1.807, 2.05) is 0 Å². The van der Waals surface area contributed by atoms with E-state index in [4.69, 9.17) is 16.3 Å². The smallest absolute Gasteiger partial charge is 0.0642 e. The Labute approximate surface area is 108 Å². The van der Waals surface area contributed by atoms with E-state index in [-0.39, 0.29) is 0 Å². The Kier molecular flexibility index (Phi) is 4.89. The number of hydrogen-bond donors (Lipinski definition) is 0. The molecule has 0 saturated carbocycles. The van der Waals surface area contributed by atoms with E-state index in [1.165, 1.54) is 11.3 Å². The van der Waals surface area contributed by atoms with Gasteiger partial charge in [-0.3, -0.25) is 0 Å². The third kappa shape index (κ3) is 3.76. The molecule has 1 aromatic carbocycles. The van der Waals surface area contributed by atoms with Gasteiger partial charge in [0.05, 0.1) is 13.2 Å². The van der Waals surface area contributed by atoms with E-state index in [0.29, 0.717) is 5.88 Å². The zero-order chi connectivity index (χ0) is 11.9. The van der Waals surface area contributed by atoms with Crippen LogP contribution in [0.3, 0.4) is 0 Å². The first-order chi connectivity index (χ1) is 8.40. The summed E-state index contributed by atoms with van der Waals surface area (Å²) in [4.78, 5) is 2.36. The summed E-state index contributed by atoms with van der Waals surface area (Å²) >= 11 is 5.65. The Bertz CT molecular complexity index is 372. The second-order valence-electron chi connectivity index (χ2n) is 4.07. The molecule has 1 fully saturated rings. The van der Waals surface area contributed by atoms with Crippen LogP contribution in [0.15, 0.2) is 30.3 Å². The molecular formula is C14H18ClNO. The fraction of sp³-hybridized carbons (Fsp3) is 0.429. The van der Waals surface area contributed by atoms with E-state index >= 15 is 0 Å². The van der Waals surface area contributed by atoms with Crippen LogP contribution < -0.4 is 4.90 Å². The van der Waals surface area contributed by atoms with Gasteiger partial charge in [-0.05, 0) is 24.1 Å². The van der Waals surface area contributed by atoms with Crippen molar-refractivity contribution in [1.82, 2.24) is 0 Å². The standard InChI is InChI=1S/C14H18ClNO/c15-7-2-1-4-13-5-3-6-14(12-13)16-8-10-17-11-9-16/h1,3-6,12H,2,7-11H2. The van der Waals surface area contributed by atoms with Gasteiger partial charge in [-0.2, -0.15) is 0 Å². The number of rotatable bonds is 4. The summed E-state index contributed by atoms with van der Waals surface area (Å²) in [7, 11) is 0. The summed E-state index contributed by atoms with van der Waals surface area (Å²) in [6.45, 7) is 3.61. The van der Waals surface area contributed by atoms with Gasteiger partial charge < -0.3 is 9.64 Å².